The number of ether oxygens (including phenoxy) is 1. The van der Waals surface area contributed by atoms with Crippen LogP contribution < -0.4 is 5.32 Å². The second-order valence-electron chi connectivity index (χ2n) is 5.62. The Morgan fingerprint density at radius 3 is 2.62 bits per heavy atom. The standard InChI is InChI=1S/C16H25NO3S/c1-3-17-16(14-8-5-4-6-9-14)13(2)21(18,19)12-15-10-7-11-20-15/h4-6,8-9,13,15-17H,3,7,10-12H2,1-2H3. The lowest BCUT2D eigenvalue weighted by atomic mass is 10.0. The van der Waals surface area contributed by atoms with Crippen LogP contribution in [0.2, 0.25) is 0 Å². The van der Waals surface area contributed by atoms with Gasteiger partial charge >= 0.3 is 0 Å². The highest BCUT2D eigenvalue weighted by atomic mass is 32.2. The normalized spacial score (nSPS) is 22.1. The Morgan fingerprint density at radius 1 is 1.33 bits per heavy atom. The van der Waals surface area contributed by atoms with Crippen LogP contribution in [0.25, 0.3) is 0 Å². The van der Waals surface area contributed by atoms with Gasteiger partial charge in [0.05, 0.1) is 17.1 Å². The minimum atomic E-state index is -3.20. The highest BCUT2D eigenvalue weighted by Crippen LogP contribution is 2.25. The minimum absolute atomic E-state index is 0.128. The van der Waals surface area contributed by atoms with E-state index in [2.05, 4.69) is 5.32 Å². The molecular weight excluding hydrogens is 286 g/mol. The van der Waals surface area contributed by atoms with E-state index in [1.807, 2.05) is 37.3 Å². The summed E-state index contributed by atoms with van der Waals surface area (Å²) in [5.74, 6) is 0.128. The van der Waals surface area contributed by atoms with E-state index in [4.69, 9.17) is 4.74 Å². The van der Waals surface area contributed by atoms with Crippen LogP contribution in [0.1, 0.15) is 38.3 Å². The SMILES string of the molecule is CCNC(c1ccccc1)C(C)S(=O)(=O)CC1CCCO1. The van der Waals surface area contributed by atoms with Crippen molar-refractivity contribution < 1.29 is 13.2 Å². The van der Waals surface area contributed by atoms with Crippen molar-refractivity contribution >= 4 is 9.84 Å². The number of hydrogen-bond acceptors (Lipinski definition) is 4. The Kier molecular flexibility index (Phi) is 5.79. The molecule has 0 aliphatic carbocycles. The molecule has 1 aromatic rings. The van der Waals surface area contributed by atoms with Crippen molar-refractivity contribution in [2.45, 2.75) is 44.1 Å². The van der Waals surface area contributed by atoms with Crippen LogP contribution in [-0.4, -0.2) is 38.7 Å². The second-order valence-corrected chi connectivity index (χ2v) is 8.02. The Balaban J connectivity index is 2.15. The number of hydrogen-bond donors (Lipinski definition) is 1. The maximum absolute atomic E-state index is 12.7. The number of nitrogens with one attached hydrogen (secondary N) is 1. The topological polar surface area (TPSA) is 55.4 Å². The third-order valence-corrected chi connectivity index (χ3v) is 6.30. The summed E-state index contributed by atoms with van der Waals surface area (Å²) in [6.07, 6.45) is 1.68. The molecule has 1 N–H and O–H groups in total. The van der Waals surface area contributed by atoms with Crippen molar-refractivity contribution in [2.75, 3.05) is 18.9 Å². The van der Waals surface area contributed by atoms with Crippen molar-refractivity contribution in [3.8, 4) is 0 Å². The van der Waals surface area contributed by atoms with Gasteiger partial charge in [0.1, 0.15) is 0 Å². The van der Waals surface area contributed by atoms with Crippen LogP contribution in [0.3, 0.4) is 0 Å². The summed E-state index contributed by atoms with van der Waals surface area (Å²) < 4.78 is 30.8. The third-order valence-electron chi connectivity index (χ3n) is 4.06. The molecule has 0 bridgehead atoms. The molecule has 3 unspecified atom stereocenters. The molecule has 1 saturated heterocycles. The van der Waals surface area contributed by atoms with Gasteiger partial charge in [-0.3, -0.25) is 0 Å². The van der Waals surface area contributed by atoms with E-state index in [1.165, 1.54) is 0 Å². The lowest BCUT2D eigenvalue weighted by Gasteiger charge is -2.26. The zero-order chi connectivity index (χ0) is 15.3. The largest absolute Gasteiger partial charge is 0.377 e. The van der Waals surface area contributed by atoms with Gasteiger partial charge in [-0.2, -0.15) is 0 Å². The summed E-state index contributed by atoms with van der Waals surface area (Å²) >= 11 is 0. The lowest BCUT2D eigenvalue weighted by molar-refractivity contribution is 0.127. The molecule has 0 radical (unpaired) electrons. The molecule has 2 rings (SSSR count). The fourth-order valence-corrected chi connectivity index (χ4v) is 4.58. The monoisotopic (exact) mass is 311 g/mol. The predicted octanol–water partition coefficient (Wildman–Crippen LogP) is 2.32. The van der Waals surface area contributed by atoms with Crippen molar-refractivity contribution in [3.05, 3.63) is 35.9 Å². The summed E-state index contributed by atoms with van der Waals surface area (Å²) in [5, 5.41) is 2.84. The van der Waals surface area contributed by atoms with E-state index in [-0.39, 0.29) is 17.9 Å². The van der Waals surface area contributed by atoms with Gasteiger partial charge in [0.15, 0.2) is 9.84 Å². The zero-order valence-electron chi connectivity index (χ0n) is 12.8. The first kappa shape index (κ1) is 16.5. The second kappa shape index (κ2) is 7.38. The molecule has 0 saturated carbocycles. The molecule has 1 aromatic carbocycles. The van der Waals surface area contributed by atoms with E-state index < -0.39 is 15.1 Å². The zero-order valence-corrected chi connectivity index (χ0v) is 13.6. The van der Waals surface area contributed by atoms with Crippen LogP contribution in [0.15, 0.2) is 30.3 Å². The Labute approximate surface area is 127 Å². The molecule has 1 fully saturated rings. The Morgan fingerprint density at radius 2 is 2.05 bits per heavy atom. The molecule has 0 spiro atoms. The van der Waals surface area contributed by atoms with Gasteiger partial charge in [0.25, 0.3) is 0 Å². The molecule has 1 aliphatic rings. The van der Waals surface area contributed by atoms with Crippen LogP contribution in [0.4, 0.5) is 0 Å². The molecule has 0 amide bonds. The van der Waals surface area contributed by atoms with Gasteiger partial charge in [0.2, 0.25) is 0 Å². The maximum Gasteiger partial charge on any atom is 0.157 e. The smallest absolute Gasteiger partial charge is 0.157 e. The number of rotatable bonds is 7. The maximum atomic E-state index is 12.7. The highest BCUT2D eigenvalue weighted by Gasteiger charge is 2.33. The highest BCUT2D eigenvalue weighted by molar-refractivity contribution is 7.92. The molecule has 3 atom stereocenters. The van der Waals surface area contributed by atoms with Crippen molar-refractivity contribution in [3.63, 3.8) is 0 Å². The Bertz CT molecular complexity index is 524. The molecule has 1 aliphatic heterocycles. The fraction of sp³-hybridized carbons (Fsp3) is 0.625. The van der Waals surface area contributed by atoms with Gasteiger partial charge < -0.3 is 10.1 Å². The molecule has 1 heterocycles. The lowest BCUT2D eigenvalue weighted by Crippen LogP contribution is -2.38. The first-order valence-electron chi connectivity index (χ1n) is 7.66. The quantitative estimate of drug-likeness (QED) is 0.839. The van der Waals surface area contributed by atoms with E-state index in [0.717, 1.165) is 24.9 Å². The van der Waals surface area contributed by atoms with E-state index >= 15 is 0 Å². The van der Waals surface area contributed by atoms with Crippen LogP contribution in [-0.2, 0) is 14.6 Å². The fourth-order valence-electron chi connectivity index (χ4n) is 2.83. The summed E-state index contributed by atoms with van der Waals surface area (Å²) in [6, 6.07) is 9.61. The molecule has 4 nitrogen and oxygen atoms in total. The third kappa shape index (κ3) is 4.28. The molecular formula is C16H25NO3S. The van der Waals surface area contributed by atoms with Crippen LogP contribution >= 0.6 is 0 Å². The average Bonchev–Trinajstić information content (AvgIpc) is 2.97. The van der Waals surface area contributed by atoms with Crippen LogP contribution in [0, 0.1) is 0 Å². The molecule has 0 aromatic heterocycles. The first-order valence-corrected chi connectivity index (χ1v) is 9.37. The van der Waals surface area contributed by atoms with E-state index in [0.29, 0.717) is 6.61 Å². The van der Waals surface area contributed by atoms with Gasteiger partial charge in [-0.05, 0) is 31.9 Å². The first-order chi connectivity index (χ1) is 10.0. The van der Waals surface area contributed by atoms with Crippen molar-refractivity contribution in [2.24, 2.45) is 0 Å². The van der Waals surface area contributed by atoms with Crippen molar-refractivity contribution in [1.29, 1.82) is 0 Å². The summed E-state index contributed by atoms with van der Waals surface area (Å²) in [5.41, 5.74) is 1.02. The molecule has 21 heavy (non-hydrogen) atoms. The van der Waals surface area contributed by atoms with Gasteiger partial charge in [-0.1, -0.05) is 37.3 Å². The van der Waals surface area contributed by atoms with Gasteiger partial charge in [0, 0.05) is 12.6 Å². The molecule has 118 valence electrons. The van der Waals surface area contributed by atoms with Gasteiger partial charge in [-0.15, -0.1) is 0 Å². The average molecular weight is 311 g/mol. The van der Waals surface area contributed by atoms with Crippen molar-refractivity contribution in [1.82, 2.24) is 5.32 Å². The summed E-state index contributed by atoms with van der Waals surface area (Å²) in [4.78, 5) is 0. The van der Waals surface area contributed by atoms with Crippen LogP contribution in [0.5, 0.6) is 0 Å². The molecule has 5 heteroatoms. The predicted molar refractivity (Wildman–Crippen MR) is 85.1 cm³/mol. The van der Waals surface area contributed by atoms with E-state index in [9.17, 15) is 8.42 Å². The summed E-state index contributed by atoms with van der Waals surface area (Å²) in [7, 11) is -3.20. The summed E-state index contributed by atoms with van der Waals surface area (Å²) in [6.45, 7) is 5.21. The Hall–Kier alpha value is -0.910. The number of benzene rings is 1. The number of sulfone groups is 1. The van der Waals surface area contributed by atoms with E-state index in [1.54, 1.807) is 6.92 Å². The minimum Gasteiger partial charge on any atom is -0.377 e. The van der Waals surface area contributed by atoms with Gasteiger partial charge in [-0.25, -0.2) is 8.42 Å².